The second-order valence-electron chi connectivity index (χ2n) is 8.15. The van der Waals surface area contributed by atoms with Gasteiger partial charge in [-0.2, -0.15) is 0 Å². The average molecular weight is 416 g/mol. The van der Waals surface area contributed by atoms with Gasteiger partial charge in [0.05, 0.1) is 0 Å². The summed E-state index contributed by atoms with van der Waals surface area (Å²) >= 11 is 0. The number of guanidine groups is 1. The van der Waals surface area contributed by atoms with E-state index in [0.29, 0.717) is 12.3 Å². The van der Waals surface area contributed by atoms with Gasteiger partial charge in [0.1, 0.15) is 5.82 Å². The van der Waals surface area contributed by atoms with E-state index in [0.717, 1.165) is 77.0 Å². The van der Waals surface area contributed by atoms with Gasteiger partial charge in [0, 0.05) is 72.5 Å². The SMILES string of the molecule is CCN1CCN(c2cc(CNC(=NC)N3CCC(CC(=O)NC)CC3)ccn2)CC1. The van der Waals surface area contributed by atoms with Crippen LogP contribution in [0.3, 0.4) is 0 Å². The van der Waals surface area contributed by atoms with Crippen LogP contribution in [0.2, 0.25) is 0 Å². The van der Waals surface area contributed by atoms with Gasteiger partial charge in [0.25, 0.3) is 0 Å². The summed E-state index contributed by atoms with van der Waals surface area (Å²) in [5, 5.41) is 6.24. The Balaban J connectivity index is 1.49. The molecule has 1 aromatic rings. The highest BCUT2D eigenvalue weighted by Gasteiger charge is 2.23. The lowest BCUT2D eigenvalue weighted by molar-refractivity contribution is -0.121. The highest BCUT2D eigenvalue weighted by molar-refractivity contribution is 5.80. The molecule has 0 atom stereocenters. The molecule has 2 aliphatic rings. The lowest BCUT2D eigenvalue weighted by atomic mass is 9.93. The number of nitrogens with zero attached hydrogens (tertiary/aromatic N) is 5. The highest BCUT2D eigenvalue weighted by Crippen LogP contribution is 2.21. The maximum Gasteiger partial charge on any atom is 0.220 e. The first-order valence-electron chi connectivity index (χ1n) is 11.2. The van der Waals surface area contributed by atoms with E-state index < -0.39 is 0 Å². The maximum absolute atomic E-state index is 11.6. The summed E-state index contributed by atoms with van der Waals surface area (Å²) in [6.45, 7) is 10.2. The molecule has 1 amide bonds. The van der Waals surface area contributed by atoms with Crippen LogP contribution in [-0.2, 0) is 11.3 Å². The summed E-state index contributed by atoms with van der Waals surface area (Å²) in [5.74, 6) is 2.61. The van der Waals surface area contributed by atoms with Crippen LogP contribution in [0.15, 0.2) is 23.3 Å². The zero-order valence-corrected chi connectivity index (χ0v) is 18.7. The predicted octanol–water partition coefficient (Wildman–Crippen LogP) is 1.15. The molecule has 166 valence electrons. The van der Waals surface area contributed by atoms with Crippen LogP contribution in [0.4, 0.5) is 5.82 Å². The predicted molar refractivity (Wildman–Crippen MR) is 122 cm³/mol. The quantitative estimate of drug-likeness (QED) is 0.536. The van der Waals surface area contributed by atoms with Crippen molar-refractivity contribution in [2.24, 2.45) is 10.9 Å². The number of aromatic nitrogens is 1. The third-order valence-corrected chi connectivity index (χ3v) is 6.28. The number of pyridine rings is 1. The minimum absolute atomic E-state index is 0.139. The second kappa shape index (κ2) is 11.2. The number of piperazine rings is 1. The first-order chi connectivity index (χ1) is 14.6. The van der Waals surface area contributed by atoms with E-state index in [-0.39, 0.29) is 5.91 Å². The first kappa shape index (κ1) is 22.3. The van der Waals surface area contributed by atoms with Crippen LogP contribution in [0.1, 0.15) is 31.7 Å². The van der Waals surface area contributed by atoms with E-state index in [4.69, 9.17) is 0 Å². The molecule has 2 fully saturated rings. The van der Waals surface area contributed by atoms with Gasteiger partial charge in [-0.05, 0) is 43.0 Å². The monoisotopic (exact) mass is 415 g/mol. The van der Waals surface area contributed by atoms with E-state index >= 15 is 0 Å². The lowest BCUT2D eigenvalue weighted by Gasteiger charge is -2.35. The molecule has 0 saturated carbocycles. The van der Waals surface area contributed by atoms with Gasteiger partial charge in [-0.15, -0.1) is 0 Å². The summed E-state index contributed by atoms with van der Waals surface area (Å²) in [5.41, 5.74) is 1.22. The molecule has 0 bridgehead atoms. The van der Waals surface area contributed by atoms with Crippen molar-refractivity contribution in [3.8, 4) is 0 Å². The van der Waals surface area contributed by atoms with E-state index in [1.165, 1.54) is 5.56 Å². The molecule has 3 heterocycles. The summed E-state index contributed by atoms with van der Waals surface area (Å²) in [6.07, 6.45) is 4.59. The number of carbonyl (C=O) groups excluding carboxylic acids is 1. The zero-order valence-electron chi connectivity index (χ0n) is 18.7. The molecule has 3 rings (SSSR count). The number of piperidine rings is 1. The molecule has 0 aliphatic carbocycles. The number of hydrogen-bond donors (Lipinski definition) is 2. The van der Waals surface area contributed by atoms with Gasteiger partial charge in [0.15, 0.2) is 5.96 Å². The van der Waals surface area contributed by atoms with Crippen molar-refractivity contribution in [1.29, 1.82) is 0 Å². The Hall–Kier alpha value is -2.35. The Labute approximate surface area is 180 Å². The molecule has 0 spiro atoms. The van der Waals surface area contributed by atoms with Crippen LogP contribution < -0.4 is 15.5 Å². The fourth-order valence-corrected chi connectivity index (χ4v) is 4.26. The molecule has 2 saturated heterocycles. The third-order valence-electron chi connectivity index (χ3n) is 6.28. The molecule has 30 heavy (non-hydrogen) atoms. The highest BCUT2D eigenvalue weighted by atomic mass is 16.1. The van der Waals surface area contributed by atoms with Gasteiger partial charge < -0.3 is 25.3 Å². The lowest BCUT2D eigenvalue weighted by Crippen LogP contribution is -2.46. The second-order valence-corrected chi connectivity index (χ2v) is 8.15. The number of carbonyl (C=O) groups is 1. The van der Waals surface area contributed by atoms with Gasteiger partial charge in [-0.25, -0.2) is 4.98 Å². The third kappa shape index (κ3) is 6.08. The minimum Gasteiger partial charge on any atom is -0.359 e. The largest absolute Gasteiger partial charge is 0.359 e. The summed E-state index contributed by atoms with van der Waals surface area (Å²) < 4.78 is 0. The molecular formula is C22H37N7O. The molecule has 0 radical (unpaired) electrons. The van der Waals surface area contributed by atoms with Crippen molar-refractivity contribution in [1.82, 2.24) is 25.4 Å². The van der Waals surface area contributed by atoms with Crippen LogP contribution in [0, 0.1) is 5.92 Å². The van der Waals surface area contributed by atoms with Gasteiger partial charge in [-0.1, -0.05) is 6.92 Å². The summed E-state index contributed by atoms with van der Waals surface area (Å²) in [4.78, 5) is 27.8. The number of nitrogens with one attached hydrogen (secondary N) is 2. The van der Waals surface area contributed by atoms with Crippen LogP contribution >= 0.6 is 0 Å². The fourth-order valence-electron chi connectivity index (χ4n) is 4.26. The van der Waals surface area contributed by atoms with Crippen molar-refractivity contribution in [3.05, 3.63) is 23.9 Å². The minimum atomic E-state index is 0.139. The Bertz CT molecular complexity index is 707. The number of hydrogen-bond acceptors (Lipinski definition) is 5. The Morgan fingerprint density at radius 2 is 1.93 bits per heavy atom. The van der Waals surface area contributed by atoms with E-state index in [9.17, 15) is 4.79 Å². The van der Waals surface area contributed by atoms with Gasteiger partial charge in [0.2, 0.25) is 5.91 Å². The molecule has 0 aromatic carbocycles. The zero-order chi connectivity index (χ0) is 21.3. The van der Waals surface area contributed by atoms with Crippen molar-refractivity contribution in [2.45, 2.75) is 32.7 Å². The van der Waals surface area contributed by atoms with Crippen molar-refractivity contribution >= 4 is 17.7 Å². The smallest absolute Gasteiger partial charge is 0.220 e. The van der Waals surface area contributed by atoms with E-state index in [1.54, 1.807) is 7.05 Å². The van der Waals surface area contributed by atoms with Crippen LogP contribution in [0.5, 0.6) is 0 Å². The standard InChI is InChI=1S/C22H37N7O/c1-4-27-11-13-28(14-12-27)20-15-19(5-8-25-20)17-26-22(24-3)29-9-6-18(7-10-29)16-21(30)23-2/h5,8,15,18H,4,6-7,9-14,16-17H2,1-3H3,(H,23,30)(H,24,26). The fraction of sp³-hybridized carbons (Fsp3) is 0.682. The summed E-state index contributed by atoms with van der Waals surface area (Å²) in [6, 6.07) is 4.26. The Morgan fingerprint density at radius 3 is 2.57 bits per heavy atom. The number of aliphatic imine (C=N–C) groups is 1. The van der Waals surface area contributed by atoms with Crippen molar-refractivity contribution in [2.75, 3.05) is 64.8 Å². The topological polar surface area (TPSA) is 76.1 Å². The summed E-state index contributed by atoms with van der Waals surface area (Å²) in [7, 11) is 3.54. The van der Waals surface area contributed by atoms with Gasteiger partial charge in [-0.3, -0.25) is 9.79 Å². The average Bonchev–Trinajstić information content (AvgIpc) is 2.80. The molecule has 8 nitrogen and oxygen atoms in total. The molecule has 2 N–H and O–H groups in total. The number of anilines is 1. The van der Waals surface area contributed by atoms with E-state index in [2.05, 4.69) is 54.4 Å². The Morgan fingerprint density at radius 1 is 1.20 bits per heavy atom. The molecular weight excluding hydrogens is 378 g/mol. The van der Waals surface area contributed by atoms with E-state index in [1.807, 2.05) is 13.2 Å². The molecule has 2 aliphatic heterocycles. The normalized spacial score (nSPS) is 19.1. The first-order valence-corrected chi connectivity index (χ1v) is 11.2. The van der Waals surface area contributed by atoms with Crippen LogP contribution in [0.25, 0.3) is 0 Å². The van der Waals surface area contributed by atoms with Crippen LogP contribution in [-0.4, -0.2) is 86.6 Å². The molecule has 1 aromatic heterocycles. The van der Waals surface area contributed by atoms with Crippen molar-refractivity contribution in [3.63, 3.8) is 0 Å². The number of amides is 1. The number of likely N-dealkylation sites (tertiary alicyclic amines) is 1. The Kier molecular flexibility index (Phi) is 8.30. The van der Waals surface area contributed by atoms with Crippen molar-refractivity contribution < 1.29 is 4.79 Å². The molecule has 0 unspecified atom stereocenters. The van der Waals surface area contributed by atoms with Gasteiger partial charge >= 0.3 is 0 Å². The number of rotatable bonds is 6. The number of likely N-dealkylation sites (N-methyl/N-ethyl adjacent to an activating group) is 1. The molecule has 8 heteroatoms. The maximum atomic E-state index is 11.6.